The summed E-state index contributed by atoms with van der Waals surface area (Å²) >= 11 is 0. The third kappa shape index (κ3) is 7.33. The Balaban J connectivity index is 1.03. The van der Waals surface area contributed by atoms with Gasteiger partial charge in [-0.05, 0) is 123 Å². The molecule has 282 valence electrons. The van der Waals surface area contributed by atoms with E-state index in [1.165, 1.54) is 11.1 Å². The van der Waals surface area contributed by atoms with E-state index < -0.39 is 29.8 Å². The molecule has 1 heterocycles. The fraction of sp³-hybridized carbons (Fsp3) is 0.523. The zero-order valence-corrected chi connectivity index (χ0v) is 31.2. The Hall–Kier alpha value is -3.91. The van der Waals surface area contributed by atoms with Crippen molar-refractivity contribution in [2.75, 3.05) is 31.6 Å². The van der Waals surface area contributed by atoms with Gasteiger partial charge >= 0.3 is 0 Å². The highest BCUT2D eigenvalue weighted by Crippen LogP contribution is 2.64. The van der Waals surface area contributed by atoms with E-state index in [2.05, 4.69) is 47.2 Å². The number of aryl methyl sites for hydroxylation is 1. The quantitative estimate of drug-likeness (QED) is 0.144. The van der Waals surface area contributed by atoms with Crippen LogP contribution in [0.3, 0.4) is 0 Å². The number of anilines is 1. The molecular weight excluding hydrogens is 666 g/mol. The molecule has 3 aromatic carbocycles. The van der Waals surface area contributed by atoms with Crippen molar-refractivity contribution in [3.8, 4) is 17.6 Å². The van der Waals surface area contributed by atoms with Crippen LogP contribution in [0.4, 0.5) is 5.69 Å². The average Bonchev–Trinajstić information content (AvgIpc) is 3.66. The third-order valence-corrected chi connectivity index (χ3v) is 13.1. The molecule has 9 nitrogen and oxygen atoms in total. The Morgan fingerprint density at radius 3 is 2.66 bits per heavy atom. The number of aliphatic hydroxyl groups is 3. The normalized spacial score (nSPS) is 31.1. The molecule has 9 heteroatoms. The number of aromatic hydroxyl groups is 1. The molecule has 0 bridgehead atoms. The van der Waals surface area contributed by atoms with E-state index in [0.717, 1.165) is 61.9 Å². The molecule has 4 aliphatic rings. The van der Waals surface area contributed by atoms with Gasteiger partial charge in [-0.25, -0.2) is 0 Å². The summed E-state index contributed by atoms with van der Waals surface area (Å²) < 4.78 is 0. The monoisotopic (exact) mass is 721 g/mol. The van der Waals surface area contributed by atoms with E-state index in [9.17, 15) is 25.2 Å². The standard InChI is InChI=1S/C44H55N3O6/c1-29(49)40-39(28-48)53-47(41(40)42(51)45-23-8-24-46(3)33-11-5-4-6-12-33)27-31-10-7-9-30(25-31)17-21-44(52)22-19-38-36-16-14-32-13-15-34(50)26-37(32)35(36)18-20-43(38,44)2/h4-7,9-13,15,25-26,29,35-36,38-41,48-50,52H,8,14,16,18-20,22-24,27-28H2,1-3H3,(H,45,51)/t29-,35-,36+,38?,39-,40+,41-,43-,44-/m0/s1. The Kier molecular flexibility index (Phi) is 10.9. The van der Waals surface area contributed by atoms with E-state index in [1.807, 2.05) is 55.6 Å². The van der Waals surface area contributed by atoms with Crippen LogP contribution in [0.5, 0.6) is 5.75 Å². The number of hydrogen-bond acceptors (Lipinski definition) is 8. The molecule has 9 atom stereocenters. The minimum Gasteiger partial charge on any atom is -0.508 e. The number of rotatable bonds is 10. The molecule has 3 fully saturated rings. The molecule has 0 radical (unpaired) electrons. The summed E-state index contributed by atoms with van der Waals surface area (Å²) in [6, 6.07) is 22.9. The number of fused-ring (bicyclic) bond motifs is 5. The number of phenols is 1. The highest BCUT2D eigenvalue weighted by Gasteiger charge is 2.61. The van der Waals surface area contributed by atoms with Gasteiger partial charge in [0.2, 0.25) is 5.91 Å². The summed E-state index contributed by atoms with van der Waals surface area (Å²) in [5, 5.41) is 48.0. The molecule has 1 saturated heterocycles. The largest absolute Gasteiger partial charge is 0.508 e. The van der Waals surface area contributed by atoms with Crippen LogP contribution in [0.15, 0.2) is 72.8 Å². The van der Waals surface area contributed by atoms with Gasteiger partial charge in [0.25, 0.3) is 0 Å². The third-order valence-electron chi connectivity index (χ3n) is 13.1. The zero-order valence-electron chi connectivity index (χ0n) is 31.2. The topological polar surface area (TPSA) is 126 Å². The molecule has 1 unspecified atom stereocenters. The number of carbonyl (C=O) groups is 1. The van der Waals surface area contributed by atoms with Gasteiger partial charge in [0.05, 0.1) is 19.3 Å². The molecule has 3 aromatic rings. The van der Waals surface area contributed by atoms with Crippen LogP contribution >= 0.6 is 0 Å². The number of aliphatic hydroxyl groups excluding tert-OH is 2. The highest BCUT2D eigenvalue weighted by molar-refractivity contribution is 5.82. The minimum absolute atomic E-state index is 0.246. The van der Waals surface area contributed by atoms with Gasteiger partial charge in [-0.1, -0.05) is 55.2 Å². The molecule has 3 aliphatic carbocycles. The van der Waals surface area contributed by atoms with Crippen molar-refractivity contribution in [3.05, 3.63) is 95.1 Å². The number of para-hydroxylation sites is 1. The van der Waals surface area contributed by atoms with Crippen molar-refractivity contribution in [1.29, 1.82) is 0 Å². The lowest BCUT2D eigenvalue weighted by molar-refractivity contribution is -0.181. The van der Waals surface area contributed by atoms with Crippen molar-refractivity contribution in [2.45, 2.75) is 95.1 Å². The predicted molar refractivity (Wildman–Crippen MR) is 205 cm³/mol. The number of hydrogen-bond donors (Lipinski definition) is 5. The minimum atomic E-state index is -1.10. The van der Waals surface area contributed by atoms with E-state index >= 15 is 0 Å². The number of nitrogens with one attached hydrogen (secondary N) is 1. The van der Waals surface area contributed by atoms with E-state index in [0.29, 0.717) is 36.5 Å². The molecule has 5 N–H and O–H groups in total. The van der Waals surface area contributed by atoms with Crippen LogP contribution in [0.1, 0.15) is 80.5 Å². The fourth-order valence-electron chi connectivity index (χ4n) is 10.2. The number of nitrogens with zero attached hydrogens (tertiary/aromatic N) is 2. The van der Waals surface area contributed by atoms with Crippen LogP contribution < -0.4 is 10.2 Å². The first kappa shape index (κ1) is 37.4. The van der Waals surface area contributed by atoms with Gasteiger partial charge in [0.15, 0.2) is 0 Å². The summed E-state index contributed by atoms with van der Waals surface area (Å²) in [6.45, 7) is 5.03. The van der Waals surface area contributed by atoms with E-state index in [4.69, 9.17) is 4.84 Å². The lowest BCUT2D eigenvalue weighted by atomic mass is 9.53. The molecule has 0 aromatic heterocycles. The SMILES string of the molecule is C[C@H](O)[C@@H]1[C@H](CO)ON(Cc2cccc(C#C[C@]3(O)CCC4[C@@H]5CCc6ccc(O)cc6[C@H]5CC[C@@]43C)c2)[C@@H]1C(=O)NCCCN(C)c1ccccc1. The van der Waals surface area contributed by atoms with Crippen LogP contribution in [-0.4, -0.2) is 82.0 Å². The van der Waals surface area contributed by atoms with E-state index in [-0.39, 0.29) is 24.5 Å². The maximum absolute atomic E-state index is 13.7. The van der Waals surface area contributed by atoms with Crippen LogP contribution in [0, 0.1) is 35.0 Å². The first-order chi connectivity index (χ1) is 25.5. The van der Waals surface area contributed by atoms with Crippen molar-refractivity contribution < 1.29 is 30.1 Å². The van der Waals surface area contributed by atoms with Crippen molar-refractivity contribution in [3.63, 3.8) is 0 Å². The predicted octanol–water partition coefficient (Wildman–Crippen LogP) is 5.15. The fourth-order valence-corrected chi connectivity index (χ4v) is 10.2. The smallest absolute Gasteiger partial charge is 0.240 e. The van der Waals surface area contributed by atoms with Crippen LogP contribution in [0.2, 0.25) is 0 Å². The number of carbonyl (C=O) groups excluding carboxylic acids is 1. The van der Waals surface area contributed by atoms with Gasteiger partial charge in [-0.3, -0.25) is 9.63 Å². The molecule has 2 saturated carbocycles. The Bertz CT molecular complexity index is 1820. The van der Waals surface area contributed by atoms with Crippen molar-refractivity contribution in [1.82, 2.24) is 10.4 Å². The Labute approximate surface area is 313 Å². The molecule has 1 aliphatic heterocycles. The summed E-state index contributed by atoms with van der Waals surface area (Å²) in [6.07, 6.45) is 4.69. The van der Waals surface area contributed by atoms with Gasteiger partial charge in [0, 0.05) is 42.7 Å². The van der Waals surface area contributed by atoms with Crippen molar-refractivity contribution in [2.24, 2.45) is 23.2 Å². The van der Waals surface area contributed by atoms with Gasteiger partial charge in [0.1, 0.15) is 23.5 Å². The maximum atomic E-state index is 13.7. The first-order valence-corrected chi connectivity index (χ1v) is 19.4. The number of phenolic OH excluding ortho intramolecular Hbond substituents is 1. The average molecular weight is 722 g/mol. The van der Waals surface area contributed by atoms with Gasteiger partial charge in [-0.15, -0.1) is 0 Å². The molecule has 1 amide bonds. The lowest BCUT2D eigenvalue weighted by Gasteiger charge is -2.52. The number of hydroxylamine groups is 2. The number of benzene rings is 3. The lowest BCUT2D eigenvalue weighted by Crippen LogP contribution is -2.50. The Morgan fingerprint density at radius 1 is 1.08 bits per heavy atom. The molecule has 0 spiro atoms. The van der Waals surface area contributed by atoms with Gasteiger partial charge < -0.3 is 30.6 Å². The van der Waals surface area contributed by atoms with E-state index in [1.54, 1.807) is 18.1 Å². The maximum Gasteiger partial charge on any atom is 0.240 e. The van der Waals surface area contributed by atoms with Crippen molar-refractivity contribution >= 4 is 11.6 Å². The second kappa shape index (κ2) is 15.4. The molecular formula is C44H55N3O6. The Morgan fingerprint density at radius 2 is 1.89 bits per heavy atom. The van der Waals surface area contributed by atoms with Crippen LogP contribution in [0.25, 0.3) is 0 Å². The second-order valence-corrected chi connectivity index (χ2v) is 16.2. The molecule has 53 heavy (non-hydrogen) atoms. The summed E-state index contributed by atoms with van der Waals surface area (Å²) in [5.74, 6) is 7.40. The first-order valence-electron chi connectivity index (χ1n) is 19.4. The summed E-state index contributed by atoms with van der Waals surface area (Å²) in [4.78, 5) is 22.0. The number of amides is 1. The second-order valence-electron chi connectivity index (χ2n) is 16.2. The summed E-state index contributed by atoms with van der Waals surface area (Å²) in [7, 11) is 2.02. The molecule has 7 rings (SSSR count). The van der Waals surface area contributed by atoms with Crippen LogP contribution in [-0.2, 0) is 22.6 Å². The zero-order chi connectivity index (χ0) is 37.3. The summed E-state index contributed by atoms with van der Waals surface area (Å²) in [5.41, 5.74) is 3.97. The highest BCUT2D eigenvalue weighted by atomic mass is 16.7. The van der Waals surface area contributed by atoms with Gasteiger partial charge in [-0.2, -0.15) is 5.06 Å².